The molecule has 0 bridgehead atoms. The number of nitrogens with zero attached hydrogens (tertiary/aromatic N) is 2. The van der Waals surface area contributed by atoms with Crippen molar-refractivity contribution in [2.75, 3.05) is 26.2 Å². The minimum absolute atomic E-state index is 0.0831. The van der Waals surface area contributed by atoms with Crippen molar-refractivity contribution in [3.05, 3.63) is 36.0 Å². The lowest BCUT2D eigenvalue weighted by Gasteiger charge is -2.32. The maximum Gasteiger partial charge on any atom is 0.305 e. The summed E-state index contributed by atoms with van der Waals surface area (Å²) < 4.78 is 0. The summed E-state index contributed by atoms with van der Waals surface area (Å²) in [7, 11) is 0. The van der Waals surface area contributed by atoms with E-state index in [1.807, 2.05) is 6.92 Å². The van der Waals surface area contributed by atoms with Gasteiger partial charge in [-0.2, -0.15) is 0 Å². The van der Waals surface area contributed by atoms with E-state index < -0.39 is 292 Å². The molecule has 678 valence electrons. The van der Waals surface area contributed by atoms with Crippen LogP contribution in [-0.2, 0) is 102 Å². The summed E-state index contributed by atoms with van der Waals surface area (Å²) in [5, 5.41) is 86.2. The third-order valence-corrected chi connectivity index (χ3v) is 20.7. The largest absolute Gasteiger partial charge is 0.481 e. The highest BCUT2D eigenvalue weighted by atomic mass is 16.4. The molecular formula is C78H120N18O26. The number of aliphatic carboxylic acids is 6. The Labute approximate surface area is 703 Å². The number of para-hydroxylation sites is 1. The Balaban J connectivity index is 1.68. The molecule has 14 atom stereocenters. The van der Waals surface area contributed by atoms with Crippen molar-refractivity contribution < 1.29 is 127 Å². The van der Waals surface area contributed by atoms with Crippen LogP contribution in [0.25, 0.3) is 10.9 Å². The van der Waals surface area contributed by atoms with Crippen LogP contribution in [0, 0.1) is 11.8 Å². The molecule has 2 saturated heterocycles. The molecule has 2 aliphatic heterocycles. The minimum atomic E-state index is -1.92. The molecule has 0 aliphatic carbocycles. The molecule has 4 rings (SSSR count). The second-order valence-electron chi connectivity index (χ2n) is 30.9. The zero-order valence-electron chi connectivity index (χ0n) is 69.2. The molecule has 26 N–H and O–H groups in total. The molecule has 44 heteroatoms. The number of hydrogen-bond donors (Lipinski definition) is 22. The number of primary amides is 1. The number of likely N-dealkylation sites (tertiary alicyclic amines) is 2. The Hall–Kier alpha value is -12.0. The highest BCUT2D eigenvalue weighted by Gasteiger charge is 2.44. The van der Waals surface area contributed by atoms with Crippen molar-refractivity contribution in [2.45, 2.75) is 280 Å². The van der Waals surface area contributed by atoms with Gasteiger partial charge in [0.1, 0.15) is 78.5 Å². The average Bonchev–Trinajstić information content (AvgIpc) is 1.65. The number of carboxylic acids is 6. The van der Waals surface area contributed by atoms with E-state index in [0.717, 1.165) is 4.90 Å². The summed E-state index contributed by atoms with van der Waals surface area (Å²) in [6.45, 7) is 8.06. The lowest BCUT2D eigenvalue weighted by atomic mass is 9.99. The first-order valence-electron chi connectivity index (χ1n) is 40.9. The van der Waals surface area contributed by atoms with E-state index in [9.17, 15) is 117 Å². The first-order valence-corrected chi connectivity index (χ1v) is 40.9. The van der Waals surface area contributed by atoms with Gasteiger partial charge >= 0.3 is 35.8 Å². The standard InChI is InChI=1S/C78H120N18O26/c1-6-7-17-44(81)66(110)84-48(23-28-57(97)98)68(112)86-50(25-30-59(101)102)70(114)87-49(24-29-58(99)100)69(113)85-47(20-11-13-34-80)72(116)93-63(40(2)3)76(120)89-46(19-10-12-33-79)67(111)91-53(37-42-39-83-45-18-9-8-16-43(42)45)73(117)88-51(26-31-60(103)104)71(115)90-52(27-32-61(105)106)77(121)96-36-15-22-56(96)75(119)92-54(38-62(107)108)74(118)94-64(41(4)5)78(122)95-35-14-21-55(95)65(82)109/h8-9,16,18,39-41,44,46-56,63-64,83H,6-7,10-15,17,19-38,79-81H2,1-5H3,(H2,82,109)(H,84,110)(H,85,113)(H,86,112)(H,87,114)(H,88,117)(H,89,120)(H,90,115)(H,91,111)(H,92,119)(H,93,116)(H,94,118)(H,97,98)(H,99,100)(H,101,102)(H,103,104)(H,105,106)(H,107,108)/t44-,46-,47-,48-,49-,50-,51-,52-,53-,54-,55-,56-,63-,64-/m0/s1. The van der Waals surface area contributed by atoms with Gasteiger partial charge in [-0.25, -0.2) is 0 Å². The zero-order valence-corrected chi connectivity index (χ0v) is 69.2. The van der Waals surface area contributed by atoms with Gasteiger partial charge in [0.05, 0.1) is 12.5 Å². The monoisotopic (exact) mass is 1720 g/mol. The summed E-state index contributed by atoms with van der Waals surface area (Å²) in [5.41, 5.74) is 24.2. The normalized spacial score (nSPS) is 16.7. The quantitative estimate of drug-likeness (QED) is 0.0285. The van der Waals surface area contributed by atoms with Gasteiger partial charge in [0.25, 0.3) is 0 Å². The number of benzene rings is 1. The van der Waals surface area contributed by atoms with E-state index in [4.69, 9.17) is 22.9 Å². The van der Waals surface area contributed by atoms with E-state index in [1.165, 1.54) is 24.9 Å². The van der Waals surface area contributed by atoms with E-state index in [1.54, 1.807) is 38.1 Å². The van der Waals surface area contributed by atoms with Crippen molar-refractivity contribution in [3.8, 4) is 0 Å². The smallest absolute Gasteiger partial charge is 0.305 e. The molecular weight excluding hydrogens is 1600 g/mol. The second-order valence-corrected chi connectivity index (χ2v) is 30.9. The predicted octanol–water partition coefficient (Wildman–Crippen LogP) is -3.60. The molecule has 2 aliphatic rings. The Morgan fingerprint density at radius 1 is 0.410 bits per heavy atom. The van der Waals surface area contributed by atoms with Crippen molar-refractivity contribution in [1.82, 2.24) is 73.3 Å². The van der Waals surface area contributed by atoms with Gasteiger partial charge in [-0.05, 0) is 139 Å². The van der Waals surface area contributed by atoms with Crippen LogP contribution in [0.1, 0.15) is 194 Å². The lowest BCUT2D eigenvalue weighted by molar-refractivity contribution is -0.145. The summed E-state index contributed by atoms with van der Waals surface area (Å²) in [5.74, 6) is -25.0. The third-order valence-electron chi connectivity index (χ3n) is 20.7. The third kappa shape index (κ3) is 33.9. The van der Waals surface area contributed by atoms with Crippen LogP contribution >= 0.6 is 0 Å². The Kier molecular flexibility index (Phi) is 43.3. The van der Waals surface area contributed by atoms with Gasteiger partial charge < -0.3 is 127 Å². The number of hydrogen-bond acceptors (Lipinski definition) is 23. The van der Waals surface area contributed by atoms with Crippen molar-refractivity contribution in [1.29, 1.82) is 0 Å². The number of carbonyl (C=O) groups excluding carboxylic acids is 14. The fourth-order valence-corrected chi connectivity index (χ4v) is 13.9. The van der Waals surface area contributed by atoms with Gasteiger partial charge in [0, 0.05) is 68.7 Å². The fourth-order valence-electron chi connectivity index (χ4n) is 13.9. The van der Waals surface area contributed by atoms with Crippen molar-refractivity contribution in [2.24, 2.45) is 34.8 Å². The van der Waals surface area contributed by atoms with E-state index in [-0.39, 0.29) is 90.4 Å². The molecule has 0 radical (unpaired) electrons. The maximum atomic E-state index is 15.1. The summed E-state index contributed by atoms with van der Waals surface area (Å²) in [6, 6.07) is -15.7. The summed E-state index contributed by atoms with van der Waals surface area (Å²) in [6.07, 6.45) is -4.67. The minimum Gasteiger partial charge on any atom is -0.481 e. The maximum absolute atomic E-state index is 15.1. The van der Waals surface area contributed by atoms with Gasteiger partial charge in [0.2, 0.25) is 82.7 Å². The number of carboxylic acid groups (broad SMARTS) is 6. The zero-order chi connectivity index (χ0) is 91.2. The Morgan fingerprint density at radius 2 is 0.779 bits per heavy atom. The molecule has 1 aromatic heterocycles. The second kappa shape index (κ2) is 51.6. The molecule has 0 saturated carbocycles. The van der Waals surface area contributed by atoms with Gasteiger partial charge in [-0.3, -0.25) is 95.9 Å². The average molecular weight is 1730 g/mol. The first-order chi connectivity index (χ1) is 57.6. The molecule has 2 fully saturated rings. The van der Waals surface area contributed by atoms with Crippen LogP contribution in [0.15, 0.2) is 30.5 Å². The molecule has 1 aromatic carbocycles. The molecule has 122 heavy (non-hydrogen) atoms. The van der Waals surface area contributed by atoms with Crippen LogP contribution in [0.3, 0.4) is 0 Å². The van der Waals surface area contributed by atoms with E-state index in [2.05, 4.69) is 63.5 Å². The number of nitrogens with one attached hydrogen (secondary N) is 12. The van der Waals surface area contributed by atoms with E-state index >= 15 is 9.59 Å². The van der Waals surface area contributed by atoms with Crippen LogP contribution < -0.4 is 81.4 Å². The van der Waals surface area contributed by atoms with Crippen molar-refractivity contribution >= 4 is 129 Å². The predicted molar refractivity (Wildman–Crippen MR) is 431 cm³/mol. The van der Waals surface area contributed by atoms with Crippen LogP contribution in [0.4, 0.5) is 0 Å². The van der Waals surface area contributed by atoms with Crippen LogP contribution in [-0.4, -0.2) is 275 Å². The number of carbonyl (C=O) groups is 20. The first kappa shape index (κ1) is 102. The number of nitrogens with two attached hydrogens (primary N) is 4. The molecule has 0 spiro atoms. The lowest BCUT2D eigenvalue weighted by Crippen LogP contribution is -2.61. The number of aromatic amines is 1. The van der Waals surface area contributed by atoms with Gasteiger partial charge in [-0.1, -0.05) is 65.7 Å². The molecule has 14 amide bonds. The molecule has 2 aromatic rings. The highest BCUT2D eigenvalue weighted by molar-refractivity contribution is 6.02. The van der Waals surface area contributed by atoms with Crippen molar-refractivity contribution in [3.63, 3.8) is 0 Å². The topological polar surface area (TPSA) is 721 Å². The fraction of sp³-hybridized carbons (Fsp3) is 0.641. The number of fused-ring (bicyclic) bond motifs is 1. The SMILES string of the molecule is CCCC[C@H](N)C(=O)N[C@@H](CCC(=O)O)C(=O)N[C@@H](CCC(=O)O)C(=O)N[C@@H](CCC(=O)O)C(=O)N[C@@H](CCCCN)C(=O)N[C@H](C(=O)N[C@@H](CCCCN)C(=O)N[C@@H](Cc1c[nH]c2ccccc12)C(=O)N[C@@H](CCC(=O)O)C(=O)N[C@@H](CCC(=O)O)C(=O)N1CCC[C@H]1C(=O)N[C@@H](CC(=O)O)C(=O)N[C@H](C(=O)N1CCC[C@H]1C(N)=O)C(C)C)C(C)C. The van der Waals surface area contributed by atoms with E-state index in [0.29, 0.717) is 35.7 Å². The molecule has 44 nitrogen and oxygen atoms in total. The van der Waals surface area contributed by atoms with Gasteiger partial charge in [-0.15, -0.1) is 0 Å². The summed E-state index contributed by atoms with van der Waals surface area (Å²) in [4.78, 5) is 276. The molecule has 3 heterocycles. The number of H-pyrrole nitrogens is 1. The van der Waals surface area contributed by atoms with Crippen LogP contribution in [0.5, 0.6) is 0 Å². The summed E-state index contributed by atoms with van der Waals surface area (Å²) >= 11 is 0. The number of rotatable bonds is 57. The van der Waals surface area contributed by atoms with Crippen LogP contribution in [0.2, 0.25) is 0 Å². The Morgan fingerprint density at radius 3 is 1.20 bits per heavy atom. The molecule has 0 unspecified atom stereocenters. The Bertz CT molecular complexity index is 4030. The number of aromatic nitrogens is 1. The van der Waals surface area contributed by atoms with Gasteiger partial charge in [0.15, 0.2) is 0 Å². The number of unbranched alkanes of at least 4 members (excludes halogenated alkanes) is 3. The highest BCUT2D eigenvalue weighted by Crippen LogP contribution is 2.25. The number of amides is 14.